The lowest BCUT2D eigenvalue weighted by atomic mass is 10.1. The third-order valence-corrected chi connectivity index (χ3v) is 6.59. The summed E-state index contributed by atoms with van der Waals surface area (Å²) in [7, 11) is 1.75. The Labute approximate surface area is 172 Å². The number of rotatable bonds is 9. The molecule has 2 amide bonds. The molecule has 28 heavy (non-hydrogen) atoms. The third-order valence-electron chi connectivity index (χ3n) is 5.12. The number of hydrogen-bond donors (Lipinski definition) is 1. The van der Waals surface area contributed by atoms with E-state index in [9.17, 15) is 4.79 Å². The van der Waals surface area contributed by atoms with Gasteiger partial charge in [0, 0.05) is 43.9 Å². The molecule has 5 heteroatoms. The minimum absolute atomic E-state index is 0.0239. The first-order chi connectivity index (χ1) is 13.8. The van der Waals surface area contributed by atoms with E-state index in [2.05, 4.69) is 17.4 Å². The van der Waals surface area contributed by atoms with Crippen LogP contribution >= 0.6 is 11.8 Å². The maximum absolute atomic E-state index is 13.1. The minimum atomic E-state index is 0.0239. The van der Waals surface area contributed by atoms with Gasteiger partial charge in [0.2, 0.25) is 0 Å². The minimum Gasteiger partial charge on any atom is -0.385 e. The highest BCUT2D eigenvalue weighted by atomic mass is 32.2. The van der Waals surface area contributed by atoms with Crippen molar-refractivity contribution in [1.29, 1.82) is 0 Å². The Kier molecular flexibility index (Phi) is 8.24. The normalized spacial score (nSPS) is 18.8. The van der Waals surface area contributed by atoms with Crippen LogP contribution < -0.4 is 5.32 Å². The van der Waals surface area contributed by atoms with Gasteiger partial charge in [-0.2, -0.15) is 11.8 Å². The summed E-state index contributed by atoms with van der Waals surface area (Å²) in [4.78, 5) is 15.1. The van der Waals surface area contributed by atoms with Gasteiger partial charge < -0.3 is 15.0 Å². The molecule has 2 aromatic rings. The molecule has 1 saturated heterocycles. The number of thioether (sulfide) groups is 1. The zero-order chi connectivity index (χ0) is 19.6. The smallest absolute Gasteiger partial charge is 0.318 e. The predicted molar refractivity (Wildman–Crippen MR) is 116 cm³/mol. The van der Waals surface area contributed by atoms with Crippen molar-refractivity contribution in [2.75, 3.05) is 19.5 Å². The first kappa shape index (κ1) is 20.7. The second-order valence-corrected chi connectivity index (χ2v) is 8.57. The molecular weight excluding hydrogens is 368 g/mol. The maximum atomic E-state index is 13.1. The second-order valence-electron chi connectivity index (χ2n) is 7.24. The van der Waals surface area contributed by atoms with Crippen molar-refractivity contribution < 1.29 is 9.53 Å². The number of methoxy groups -OCH3 is 1. The standard InChI is InChI=1S/C23H30N2O2S/c1-27-14-8-13-22-15-21(18-28-22)25(17-20-11-6-3-7-12-20)23(26)24-16-19-9-4-2-5-10-19/h2-7,9-12,21-22H,8,13-18H2,1H3,(H,24,26)/t21-,22-/m1/s1. The van der Waals surface area contributed by atoms with Crippen LogP contribution in [0.2, 0.25) is 0 Å². The molecule has 150 valence electrons. The van der Waals surface area contributed by atoms with Crippen molar-refractivity contribution in [3.63, 3.8) is 0 Å². The van der Waals surface area contributed by atoms with Crippen LogP contribution in [0.1, 0.15) is 30.4 Å². The maximum Gasteiger partial charge on any atom is 0.318 e. The van der Waals surface area contributed by atoms with Crippen LogP contribution in [0.4, 0.5) is 4.79 Å². The van der Waals surface area contributed by atoms with E-state index < -0.39 is 0 Å². The highest BCUT2D eigenvalue weighted by Crippen LogP contribution is 2.33. The number of nitrogens with one attached hydrogen (secondary N) is 1. The number of benzene rings is 2. The molecule has 1 fully saturated rings. The predicted octanol–water partition coefficient (Wildman–Crippen LogP) is 4.70. The molecule has 1 N–H and O–H groups in total. The average Bonchev–Trinajstić information content (AvgIpc) is 3.20. The van der Waals surface area contributed by atoms with Crippen LogP contribution in [0.3, 0.4) is 0 Å². The molecule has 0 saturated carbocycles. The zero-order valence-electron chi connectivity index (χ0n) is 16.5. The molecule has 0 aliphatic carbocycles. The lowest BCUT2D eigenvalue weighted by Crippen LogP contribution is -2.45. The van der Waals surface area contributed by atoms with E-state index >= 15 is 0 Å². The molecule has 1 aliphatic heterocycles. The molecule has 1 heterocycles. The summed E-state index contributed by atoms with van der Waals surface area (Å²) in [6.45, 7) is 2.02. The topological polar surface area (TPSA) is 41.6 Å². The Bertz CT molecular complexity index is 711. The quantitative estimate of drug-likeness (QED) is 0.623. The van der Waals surface area contributed by atoms with Crippen LogP contribution in [0.15, 0.2) is 60.7 Å². The van der Waals surface area contributed by atoms with Crippen molar-refractivity contribution in [2.45, 2.75) is 43.6 Å². The molecule has 4 nitrogen and oxygen atoms in total. The summed E-state index contributed by atoms with van der Waals surface area (Å²) < 4.78 is 5.18. The van der Waals surface area contributed by atoms with Crippen molar-refractivity contribution in [3.8, 4) is 0 Å². The Morgan fingerprint density at radius 2 is 1.79 bits per heavy atom. The van der Waals surface area contributed by atoms with Gasteiger partial charge in [-0.25, -0.2) is 4.79 Å². The molecule has 0 radical (unpaired) electrons. The third kappa shape index (κ3) is 6.28. The first-order valence-corrected chi connectivity index (χ1v) is 11.0. The van der Waals surface area contributed by atoms with Gasteiger partial charge in [0.15, 0.2) is 0 Å². The molecule has 2 aromatic carbocycles. The molecular formula is C23H30N2O2S. The van der Waals surface area contributed by atoms with Gasteiger partial charge >= 0.3 is 6.03 Å². The fourth-order valence-corrected chi connectivity index (χ4v) is 5.08. The van der Waals surface area contributed by atoms with E-state index in [1.807, 2.05) is 65.2 Å². The molecule has 3 rings (SSSR count). The first-order valence-electron chi connectivity index (χ1n) is 9.99. The van der Waals surface area contributed by atoms with Crippen LogP contribution in [-0.4, -0.2) is 41.7 Å². The zero-order valence-corrected chi connectivity index (χ0v) is 17.4. The van der Waals surface area contributed by atoms with E-state index in [1.54, 1.807) is 7.11 Å². The summed E-state index contributed by atoms with van der Waals surface area (Å²) in [5, 5.41) is 3.73. The van der Waals surface area contributed by atoms with E-state index in [4.69, 9.17) is 4.74 Å². The van der Waals surface area contributed by atoms with Crippen molar-refractivity contribution >= 4 is 17.8 Å². The second kappa shape index (κ2) is 11.1. The van der Waals surface area contributed by atoms with Gasteiger partial charge in [-0.05, 0) is 30.4 Å². The average molecular weight is 399 g/mol. The van der Waals surface area contributed by atoms with Gasteiger partial charge in [0.1, 0.15) is 0 Å². The fourth-order valence-electron chi connectivity index (χ4n) is 3.58. The number of urea groups is 1. The monoisotopic (exact) mass is 398 g/mol. The number of nitrogens with zero attached hydrogens (tertiary/aromatic N) is 1. The molecule has 0 unspecified atom stereocenters. The van der Waals surface area contributed by atoms with Crippen LogP contribution in [0.5, 0.6) is 0 Å². The number of ether oxygens (including phenoxy) is 1. The molecule has 0 bridgehead atoms. The van der Waals surface area contributed by atoms with E-state index in [0.717, 1.165) is 37.2 Å². The lowest BCUT2D eigenvalue weighted by molar-refractivity contribution is 0.172. The van der Waals surface area contributed by atoms with Crippen molar-refractivity contribution in [3.05, 3.63) is 71.8 Å². The van der Waals surface area contributed by atoms with Crippen molar-refractivity contribution in [2.24, 2.45) is 0 Å². The lowest BCUT2D eigenvalue weighted by Gasteiger charge is -2.29. The Morgan fingerprint density at radius 1 is 1.11 bits per heavy atom. The van der Waals surface area contributed by atoms with Gasteiger partial charge in [0.05, 0.1) is 0 Å². The van der Waals surface area contributed by atoms with Crippen LogP contribution in [0, 0.1) is 0 Å². The van der Waals surface area contributed by atoms with E-state index in [1.165, 1.54) is 5.56 Å². The molecule has 0 aromatic heterocycles. The summed E-state index contributed by atoms with van der Waals surface area (Å²) in [5.74, 6) is 1.00. The van der Waals surface area contributed by atoms with Crippen LogP contribution in [-0.2, 0) is 17.8 Å². The molecule has 1 aliphatic rings. The van der Waals surface area contributed by atoms with Crippen LogP contribution in [0.25, 0.3) is 0 Å². The summed E-state index contributed by atoms with van der Waals surface area (Å²) in [6, 6.07) is 20.6. The number of carbonyl (C=O) groups excluding carboxylic acids is 1. The van der Waals surface area contributed by atoms with E-state index in [0.29, 0.717) is 18.3 Å². The molecule has 0 spiro atoms. The van der Waals surface area contributed by atoms with Gasteiger partial charge in [-0.1, -0.05) is 60.7 Å². The Morgan fingerprint density at radius 3 is 2.46 bits per heavy atom. The SMILES string of the molecule is COCCC[C@@H]1C[C@@H](N(Cc2ccccc2)C(=O)NCc2ccccc2)CS1. The molecule has 2 atom stereocenters. The Hall–Kier alpha value is -1.98. The van der Waals surface area contributed by atoms with Gasteiger partial charge in [-0.15, -0.1) is 0 Å². The van der Waals surface area contributed by atoms with E-state index in [-0.39, 0.29) is 12.1 Å². The Balaban J connectivity index is 1.62. The number of hydrogen-bond acceptors (Lipinski definition) is 3. The fraction of sp³-hybridized carbons (Fsp3) is 0.435. The number of carbonyl (C=O) groups is 1. The van der Waals surface area contributed by atoms with Crippen molar-refractivity contribution in [1.82, 2.24) is 10.2 Å². The van der Waals surface area contributed by atoms with Gasteiger partial charge in [0.25, 0.3) is 0 Å². The highest BCUT2D eigenvalue weighted by Gasteiger charge is 2.32. The number of amides is 2. The summed E-state index contributed by atoms with van der Waals surface area (Å²) in [5.41, 5.74) is 2.29. The largest absolute Gasteiger partial charge is 0.385 e. The highest BCUT2D eigenvalue weighted by molar-refractivity contribution is 8.00. The van der Waals surface area contributed by atoms with Gasteiger partial charge in [-0.3, -0.25) is 0 Å². The summed E-state index contributed by atoms with van der Waals surface area (Å²) in [6.07, 6.45) is 3.29. The summed E-state index contributed by atoms with van der Waals surface area (Å²) >= 11 is 1.99.